The average Bonchev–Trinajstić information content (AvgIpc) is 2.29. The summed E-state index contributed by atoms with van der Waals surface area (Å²) in [6.07, 6.45) is 5.35. The Morgan fingerprint density at radius 2 is 2.31 bits per heavy atom. The van der Waals surface area contributed by atoms with Crippen LogP contribution in [0.2, 0.25) is 0 Å². The number of piperidine rings is 1. The Morgan fingerprint density at radius 1 is 1.56 bits per heavy atom. The van der Waals surface area contributed by atoms with E-state index in [1.807, 2.05) is 4.90 Å². The van der Waals surface area contributed by atoms with Gasteiger partial charge in [-0.15, -0.1) is 0 Å². The summed E-state index contributed by atoms with van der Waals surface area (Å²) >= 11 is 0. The van der Waals surface area contributed by atoms with Crippen LogP contribution in [0.25, 0.3) is 0 Å². The van der Waals surface area contributed by atoms with Crippen molar-refractivity contribution in [2.24, 2.45) is 0 Å². The molecule has 0 aromatic rings. The van der Waals surface area contributed by atoms with Gasteiger partial charge in [-0.2, -0.15) is 5.26 Å². The van der Waals surface area contributed by atoms with Crippen LogP contribution < -0.4 is 0 Å². The molecule has 1 fully saturated rings. The molecule has 0 aliphatic carbocycles. The molecule has 0 bridgehead atoms. The minimum absolute atomic E-state index is 0.228. The number of ether oxygens (including phenoxy) is 1. The molecule has 0 radical (unpaired) electrons. The van der Waals surface area contributed by atoms with Crippen molar-refractivity contribution in [3.05, 3.63) is 0 Å². The van der Waals surface area contributed by atoms with Crippen LogP contribution >= 0.6 is 0 Å². The standard InChI is InChI=1S/C12H20N2O2/c1-10-6-5-8-11(7-3-4-9-13)14(10)12(15)16-2/h10-11H,3-8H2,1-2H3/t10-,11-/m0/s1. The summed E-state index contributed by atoms with van der Waals surface area (Å²) in [5, 5.41) is 8.51. The minimum atomic E-state index is -0.228. The van der Waals surface area contributed by atoms with Gasteiger partial charge in [0.25, 0.3) is 0 Å². The number of hydrogen-bond donors (Lipinski definition) is 0. The number of nitriles is 1. The molecule has 4 heteroatoms. The van der Waals surface area contributed by atoms with Crippen LogP contribution in [0.15, 0.2) is 0 Å². The Bertz CT molecular complexity index is 273. The van der Waals surface area contributed by atoms with Gasteiger partial charge in [-0.3, -0.25) is 0 Å². The quantitative estimate of drug-likeness (QED) is 0.692. The number of hydrogen-bond acceptors (Lipinski definition) is 3. The maximum absolute atomic E-state index is 11.7. The highest BCUT2D eigenvalue weighted by Crippen LogP contribution is 2.26. The van der Waals surface area contributed by atoms with E-state index in [2.05, 4.69) is 13.0 Å². The molecular formula is C12H20N2O2. The van der Waals surface area contributed by atoms with Gasteiger partial charge in [0, 0.05) is 18.5 Å². The minimum Gasteiger partial charge on any atom is -0.453 e. The lowest BCUT2D eigenvalue weighted by molar-refractivity contribution is 0.0604. The first-order valence-electron chi connectivity index (χ1n) is 5.94. The van der Waals surface area contributed by atoms with E-state index < -0.39 is 0 Å². The average molecular weight is 224 g/mol. The van der Waals surface area contributed by atoms with Gasteiger partial charge in [-0.25, -0.2) is 4.79 Å². The second kappa shape index (κ2) is 6.37. The van der Waals surface area contributed by atoms with Crippen molar-refractivity contribution in [1.82, 2.24) is 4.90 Å². The van der Waals surface area contributed by atoms with E-state index in [-0.39, 0.29) is 18.2 Å². The molecule has 90 valence electrons. The molecule has 0 N–H and O–H groups in total. The van der Waals surface area contributed by atoms with Gasteiger partial charge in [0.1, 0.15) is 0 Å². The fourth-order valence-corrected chi connectivity index (χ4v) is 2.42. The van der Waals surface area contributed by atoms with E-state index in [0.29, 0.717) is 6.42 Å². The Hall–Kier alpha value is -1.24. The Kier molecular flexibility index (Phi) is 5.10. The van der Waals surface area contributed by atoms with Crippen molar-refractivity contribution in [1.29, 1.82) is 5.26 Å². The lowest BCUT2D eigenvalue weighted by Gasteiger charge is -2.39. The van der Waals surface area contributed by atoms with Gasteiger partial charge in [0.2, 0.25) is 0 Å². The number of unbranched alkanes of at least 4 members (excludes halogenated alkanes) is 1. The van der Waals surface area contributed by atoms with Crippen molar-refractivity contribution in [2.75, 3.05) is 7.11 Å². The first kappa shape index (κ1) is 12.8. The lowest BCUT2D eigenvalue weighted by Crippen LogP contribution is -2.48. The number of amides is 1. The second-order valence-electron chi connectivity index (χ2n) is 4.36. The van der Waals surface area contributed by atoms with E-state index in [0.717, 1.165) is 32.1 Å². The Labute approximate surface area is 97.2 Å². The highest BCUT2D eigenvalue weighted by Gasteiger charge is 2.31. The van der Waals surface area contributed by atoms with Gasteiger partial charge in [-0.05, 0) is 39.0 Å². The summed E-state index contributed by atoms with van der Waals surface area (Å²) in [5.74, 6) is 0. The number of carbonyl (C=O) groups excluding carboxylic acids is 1. The SMILES string of the molecule is COC(=O)N1[C@@H](CCCC#N)CCC[C@@H]1C. The predicted molar refractivity (Wildman–Crippen MR) is 60.8 cm³/mol. The van der Waals surface area contributed by atoms with Crippen LogP contribution in [0.4, 0.5) is 4.79 Å². The van der Waals surface area contributed by atoms with Crippen molar-refractivity contribution in [3.63, 3.8) is 0 Å². The number of carbonyl (C=O) groups is 1. The number of likely N-dealkylation sites (tertiary alicyclic amines) is 1. The van der Waals surface area contributed by atoms with E-state index in [1.54, 1.807) is 0 Å². The second-order valence-corrected chi connectivity index (χ2v) is 4.36. The number of methoxy groups -OCH3 is 1. The summed E-state index contributed by atoms with van der Waals surface area (Å²) in [6.45, 7) is 2.06. The van der Waals surface area contributed by atoms with E-state index in [9.17, 15) is 4.79 Å². The zero-order valence-corrected chi connectivity index (χ0v) is 10.1. The van der Waals surface area contributed by atoms with Gasteiger partial charge >= 0.3 is 6.09 Å². The summed E-state index contributed by atoms with van der Waals surface area (Å²) in [5.41, 5.74) is 0. The summed E-state index contributed by atoms with van der Waals surface area (Å²) in [7, 11) is 1.43. The molecule has 1 amide bonds. The van der Waals surface area contributed by atoms with Crippen molar-refractivity contribution >= 4 is 6.09 Å². The van der Waals surface area contributed by atoms with Crippen LogP contribution in [0.1, 0.15) is 45.4 Å². The fraction of sp³-hybridized carbons (Fsp3) is 0.833. The monoisotopic (exact) mass is 224 g/mol. The van der Waals surface area contributed by atoms with Crippen molar-refractivity contribution < 1.29 is 9.53 Å². The molecule has 0 saturated carbocycles. The first-order valence-corrected chi connectivity index (χ1v) is 5.94. The van der Waals surface area contributed by atoms with E-state index in [1.165, 1.54) is 7.11 Å². The Morgan fingerprint density at radius 3 is 2.94 bits per heavy atom. The summed E-state index contributed by atoms with van der Waals surface area (Å²) in [6, 6.07) is 2.65. The summed E-state index contributed by atoms with van der Waals surface area (Å²) < 4.78 is 4.82. The molecular weight excluding hydrogens is 204 g/mol. The zero-order valence-electron chi connectivity index (χ0n) is 10.1. The van der Waals surface area contributed by atoms with Gasteiger partial charge in [-0.1, -0.05) is 0 Å². The van der Waals surface area contributed by atoms with Crippen LogP contribution in [-0.4, -0.2) is 30.2 Å². The number of nitrogens with zero attached hydrogens (tertiary/aromatic N) is 2. The molecule has 0 spiro atoms. The molecule has 0 aromatic carbocycles. The highest BCUT2D eigenvalue weighted by atomic mass is 16.5. The van der Waals surface area contributed by atoms with Gasteiger partial charge < -0.3 is 9.64 Å². The van der Waals surface area contributed by atoms with Crippen molar-refractivity contribution in [3.8, 4) is 6.07 Å². The molecule has 1 heterocycles. The molecule has 4 nitrogen and oxygen atoms in total. The van der Waals surface area contributed by atoms with Gasteiger partial charge in [0.15, 0.2) is 0 Å². The molecule has 1 aliphatic rings. The smallest absolute Gasteiger partial charge is 0.409 e. The molecule has 16 heavy (non-hydrogen) atoms. The third kappa shape index (κ3) is 3.13. The summed E-state index contributed by atoms with van der Waals surface area (Å²) in [4.78, 5) is 13.5. The molecule has 1 aliphatic heterocycles. The normalized spacial score (nSPS) is 24.9. The molecule has 0 unspecified atom stereocenters. The lowest BCUT2D eigenvalue weighted by atomic mass is 9.93. The van der Waals surface area contributed by atoms with E-state index >= 15 is 0 Å². The van der Waals surface area contributed by atoms with Gasteiger partial charge in [0.05, 0.1) is 13.2 Å². The van der Waals surface area contributed by atoms with Crippen LogP contribution in [0.3, 0.4) is 0 Å². The van der Waals surface area contributed by atoms with E-state index in [4.69, 9.17) is 10.00 Å². The molecule has 1 saturated heterocycles. The topological polar surface area (TPSA) is 53.3 Å². The largest absolute Gasteiger partial charge is 0.453 e. The maximum Gasteiger partial charge on any atom is 0.409 e. The zero-order chi connectivity index (χ0) is 12.0. The first-order chi connectivity index (χ1) is 7.70. The highest BCUT2D eigenvalue weighted by molar-refractivity contribution is 5.68. The van der Waals surface area contributed by atoms with Crippen LogP contribution in [-0.2, 0) is 4.74 Å². The number of rotatable bonds is 3. The molecule has 0 aromatic heterocycles. The molecule has 1 rings (SSSR count). The van der Waals surface area contributed by atoms with Crippen LogP contribution in [0.5, 0.6) is 0 Å². The third-order valence-corrected chi connectivity index (χ3v) is 3.24. The Balaban J connectivity index is 2.56. The van der Waals surface area contributed by atoms with Crippen molar-refractivity contribution in [2.45, 2.75) is 57.5 Å². The van der Waals surface area contributed by atoms with Crippen LogP contribution in [0, 0.1) is 11.3 Å². The molecule has 2 atom stereocenters. The predicted octanol–water partition coefficient (Wildman–Crippen LogP) is 2.69. The fourth-order valence-electron chi connectivity index (χ4n) is 2.42. The maximum atomic E-state index is 11.7. The third-order valence-electron chi connectivity index (χ3n) is 3.24.